The first-order valence-corrected chi connectivity index (χ1v) is 6.42. The van der Waals surface area contributed by atoms with E-state index in [1.807, 2.05) is 6.07 Å². The minimum absolute atomic E-state index is 0.162. The zero-order valence-electron chi connectivity index (χ0n) is 10.7. The van der Waals surface area contributed by atoms with Gasteiger partial charge in [0.25, 0.3) is 0 Å². The molecule has 2 atom stereocenters. The molecule has 0 saturated heterocycles. The Morgan fingerprint density at radius 1 is 1.06 bits per heavy atom. The van der Waals surface area contributed by atoms with E-state index in [0.29, 0.717) is 11.8 Å². The van der Waals surface area contributed by atoms with Gasteiger partial charge in [-0.1, -0.05) is 63.9 Å². The summed E-state index contributed by atoms with van der Waals surface area (Å²) in [6.45, 7) is 6.51. The SMILES string of the molecule is CCC(CC)C(O)CC(C)c1ccccc1. The van der Waals surface area contributed by atoms with Crippen molar-refractivity contribution >= 4 is 0 Å². The lowest BCUT2D eigenvalue weighted by Crippen LogP contribution is -2.21. The Morgan fingerprint density at radius 2 is 1.62 bits per heavy atom. The van der Waals surface area contributed by atoms with E-state index < -0.39 is 0 Å². The Labute approximate surface area is 99.5 Å². The molecule has 1 nitrogen and oxygen atoms in total. The first-order chi connectivity index (χ1) is 7.69. The van der Waals surface area contributed by atoms with Gasteiger partial charge in [0.1, 0.15) is 0 Å². The van der Waals surface area contributed by atoms with E-state index in [1.165, 1.54) is 5.56 Å². The van der Waals surface area contributed by atoms with Crippen LogP contribution in [0.15, 0.2) is 30.3 Å². The molecule has 0 aliphatic rings. The number of aliphatic hydroxyl groups is 1. The summed E-state index contributed by atoms with van der Waals surface area (Å²) in [4.78, 5) is 0. The molecular weight excluding hydrogens is 196 g/mol. The zero-order valence-corrected chi connectivity index (χ0v) is 10.7. The summed E-state index contributed by atoms with van der Waals surface area (Å²) in [6.07, 6.45) is 2.85. The van der Waals surface area contributed by atoms with Gasteiger partial charge in [-0.15, -0.1) is 0 Å². The number of rotatable bonds is 6. The van der Waals surface area contributed by atoms with Crippen LogP contribution in [0.3, 0.4) is 0 Å². The minimum Gasteiger partial charge on any atom is -0.393 e. The van der Waals surface area contributed by atoms with E-state index in [2.05, 4.69) is 45.0 Å². The molecule has 0 amide bonds. The largest absolute Gasteiger partial charge is 0.393 e. The molecule has 0 bridgehead atoms. The quantitative estimate of drug-likeness (QED) is 0.769. The van der Waals surface area contributed by atoms with Gasteiger partial charge >= 0.3 is 0 Å². The molecule has 0 aromatic heterocycles. The normalized spacial score (nSPS) is 15.1. The predicted molar refractivity (Wildman–Crippen MR) is 69.6 cm³/mol. The second-order valence-electron chi connectivity index (χ2n) is 4.69. The average Bonchev–Trinajstić information content (AvgIpc) is 2.31. The molecule has 0 aliphatic carbocycles. The van der Waals surface area contributed by atoms with E-state index in [0.717, 1.165) is 19.3 Å². The zero-order chi connectivity index (χ0) is 12.0. The molecule has 0 heterocycles. The first kappa shape index (κ1) is 13.2. The van der Waals surface area contributed by atoms with Crippen LogP contribution in [-0.2, 0) is 0 Å². The van der Waals surface area contributed by atoms with Gasteiger partial charge in [0.05, 0.1) is 6.10 Å². The molecule has 1 aromatic rings. The molecule has 0 radical (unpaired) electrons. The van der Waals surface area contributed by atoms with E-state index in [9.17, 15) is 5.11 Å². The molecule has 90 valence electrons. The van der Waals surface area contributed by atoms with Gasteiger partial charge in [-0.2, -0.15) is 0 Å². The lowest BCUT2D eigenvalue weighted by molar-refractivity contribution is 0.0885. The number of aliphatic hydroxyl groups excluding tert-OH is 1. The molecule has 0 spiro atoms. The Bertz CT molecular complexity index is 277. The van der Waals surface area contributed by atoms with Gasteiger partial charge in [-0.05, 0) is 23.8 Å². The standard InChI is InChI=1S/C15H24O/c1-4-13(5-2)15(16)11-12(3)14-9-7-6-8-10-14/h6-10,12-13,15-16H,4-5,11H2,1-3H3. The van der Waals surface area contributed by atoms with Crippen molar-refractivity contribution in [1.82, 2.24) is 0 Å². The van der Waals surface area contributed by atoms with Crippen molar-refractivity contribution < 1.29 is 5.11 Å². The second kappa shape index (κ2) is 6.70. The van der Waals surface area contributed by atoms with Crippen molar-refractivity contribution in [2.45, 2.75) is 52.1 Å². The summed E-state index contributed by atoms with van der Waals surface area (Å²) >= 11 is 0. The van der Waals surface area contributed by atoms with E-state index in [-0.39, 0.29) is 6.10 Å². The lowest BCUT2D eigenvalue weighted by Gasteiger charge is -2.23. The third-order valence-electron chi connectivity index (χ3n) is 3.56. The Morgan fingerprint density at radius 3 is 2.12 bits per heavy atom. The van der Waals surface area contributed by atoms with Crippen LogP contribution in [0.5, 0.6) is 0 Å². The molecule has 16 heavy (non-hydrogen) atoms. The predicted octanol–water partition coefficient (Wildman–Crippen LogP) is 3.98. The van der Waals surface area contributed by atoms with Gasteiger partial charge in [0.15, 0.2) is 0 Å². The van der Waals surface area contributed by atoms with Crippen LogP contribution in [0.4, 0.5) is 0 Å². The smallest absolute Gasteiger partial charge is 0.0573 e. The van der Waals surface area contributed by atoms with Gasteiger partial charge in [0, 0.05) is 0 Å². The maximum Gasteiger partial charge on any atom is 0.0573 e. The highest BCUT2D eigenvalue weighted by molar-refractivity contribution is 5.18. The molecule has 0 aliphatic heterocycles. The van der Waals surface area contributed by atoms with Gasteiger partial charge < -0.3 is 5.11 Å². The number of benzene rings is 1. The topological polar surface area (TPSA) is 20.2 Å². The first-order valence-electron chi connectivity index (χ1n) is 6.42. The van der Waals surface area contributed by atoms with E-state index >= 15 is 0 Å². The van der Waals surface area contributed by atoms with Gasteiger partial charge in [-0.25, -0.2) is 0 Å². The fourth-order valence-corrected chi connectivity index (χ4v) is 2.31. The van der Waals surface area contributed by atoms with Crippen molar-refractivity contribution in [2.75, 3.05) is 0 Å². The molecule has 1 N–H and O–H groups in total. The third-order valence-corrected chi connectivity index (χ3v) is 3.56. The maximum atomic E-state index is 10.1. The Kier molecular flexibility index (Phi) is 5.54. The van der Waals surface area contributed by atoms with Crippen molar-refractivity contribution in [1.29, 1.82) is 0 Å². The summed E-state index contributed by atoms with van der Waals surface area (Å²) in [6, 6.07) is 10.5. The molecule has 2 unspecified atom stereocenters. The molecular formula is C15H24O. The Hall–Kier alpha value is -0.820. The number of hydrogen-bond acceptors (Lipinski definition) is 1. The van der Waals surface area contributed by atoms with Crippen LogP contribution in [0, 0.1) is 5.92 Å². The summed E-state index contributed by atoms with van der Waals surface area (Å²) in [5.41, 5.74) is 1.33. The van der Waals surface area contributed by atoms with Crippen LogP contribution in [0.1, 0.15) is 51.5 Å². The maximum absolute atomic E-state index is 10.1. The summed E-state index contributed by atoms with van der Waals surface area (Å²) < 4.78 is 0. The fraction of sp³-hybridized carbons (Fsp3) is 0.600. The average molecular weight is 220 g/mol. The van der Waals surface area contributed by atoms with Crippen molar-refractivity contribution in [3.05, 3.63) is 35.9 Å². The minimum atomic E-state index is -0.162. The third kappa shape index (κ3) is 3.64. The monoisotopic (exact) mass is 220 g/mol. The highest BCUT2D eigenvalue weighted by Gasteiger charge is 2.18. The lowest BCUT2D eigenvalue weighted by atomic mass is 9.87. The van der Waals surface area contributed by atoms with Gasteiger partial charge in [0.2, 0.25) is 0 Å². The van der Waals surface area contributed by atoms with Crippen molar-refractivity contribution in [3.8, 4) is 0 Å². The Balaban J connectivity index is 2.54. The highest BCUT2D eigenvalue weighted by atomic mass is 16.3. The molecule has 1 aromatic carbocycles. The van der Waals surface area contributed by atoms with Crippen LogP contribution in [0.2, 0.25) is 0 Å². The van der Waals surface area contributed by atoms with Crippen molar-refractivity contribution in [3.63, 3.8) is 0 Å². The van der Waals surface area contributed by atoms with Gasteiger partial charge in [-0.3, -0.25) is 0 Å². The number of hydrogen-bond donors (Lipinski definition) is 1. The van der Waals surface area contributed by atoms with Crippen LogP contribution in [-0.4, -0.2) is 11.2 Å². The summed E-state index contributed by atoms with van der Waals surface area (Å²) in [5.74, 6) is 0.892. The highest BCUT2D eigenvalue weighted by Crippen LogP contribution is 2.25. The van der Waals surface area contributed by atoms with E-state index in [1.54, 1.807) is 0 Å². The van der Waals surface area contributed by atoms with Crippen LogP contribution >= 0.6 is 0 Å². The second-order valence-corrected chi connectivity index (χ2v) is 4.69. The van der Waals surface area contributed by atoms with Crippen LogP contribution in [0.25, 0.3) is 0 Å². The van der Waals surface area contributed by atoms with E-state index in [4.69, 9.17) is 0 Å². The van der Waals surface area contributed by atoms with Crippen molar-refractivity contribution in [2.24, 2.45) is 5.92 Å². The molecule has 0 fully saturated rings. The molecule has 0 saturated carbocycles. The molecule has 1 heteroatoms. The van der Waals surface area contributed by atoms with Crippen LogP contribution < -0.4 is 0 Å². The summed E-state index contributed by atoms with van der Waals surface area (Å²) in [5, 5.41) is 10.1. The summed E-state index contributed by atoms with van der Waals surface area (Å²) in [7, 11) is 0. The molecule has 1 rings (SSSR count). The fourth-order valence-electron chi connectivity index (χ4n) is 2.31.